The van der Waals surface area contributed by atoms with E-state index in [1.165, 1.54) is 0 Å². The normalized spacial score (nSPS) is 10.3. The van der Waals surface area contributed by atoms with Crippen LogP contribution in [0.5, 0.6) is 11.5 Å². The molecule has 0 saturated carbocycles. The minimum absolute atomic E-state index is 0.254. The molecule has 0 amide bonds. The van der Waals surface area contributed by atoms with Gasteiger partial charge >= 0.3 is 0 Å². The number of alkyl halides is 1. The minimum atomic E-state index is 0.254. The van der Waals surface area contributed by atoms with E-state index in [0.717, 1.165) is 21.3 Å². The maximum Gasteiger partial charge on any atom is 0.124 e. The predicted molar refractivity (Wildman–Crippen MR) is 76.1 cm³/mol. The second-order valence-electron chi connectivity index (χ2n) is 3.84. The van der Waals surface area contributed by atoms with Crippen LogP contribution in [0.1, 0.15) is 11.1 Å². The molecule has 0 radical (unpaired) electrons. The van der Waals surface area contributed by atoms with Crippen LogP contribution >= 0.6 is 27.5 Å². The monoisotopic (exact) mass is 326 g/mol. The molecule has 0 atom stereocenters. The molecular formula is C14H12BrClO2. The summed E-state index contributed by atoms with van der Waals surface area (Å²) in [7, 11) is 0. The van der Waals surface area contributed by atoms with Crippen molar-refractivity contribution in [2.24, 2.45) is 0 Å². The standard InChI is InChI=1S/C14H12BrClO2/c15-12-3-6-14(11(7-12)8-16)18-9-10-1-4-13(17)5-2-10/h1-7,17H,8-9H2. The van der Waals surface area contributed by atoms with Gasteiger partial charge in [-0.15, -0.1) is 11.6 Å². The van der Waals surface area contributed by atoms with E-state index in [4.69, 9.17) is 16.3 Å². The van der Waals surface area contributed by atoms with Crippen LogP contribution in [0.3, 0.4) is 0 Å². The zero-order chi connectivity index (χ0) is 13.0. The van der Waals surface area contributed by atoms with Gasteiger partial charge in [0.25, 0.3) is 0 Å². The molecule has 2 aromatic carbocycles. The molecule has 0 fully saturated rings. The Labute approximate surface area is 119 Å². The summed E-state index contributed by atoms with van der Waals surface area (Å²) in [6.45, 7) is 0.450. The van der Waals surface area contributed by atoms with Crippen LogP contribution in [-0.4, -0.2) is 5.11 Å². The Morgan fingerprint density at radius 3 is 2.50 bits per heavy atom. The average molecular weight is 328 g/mol. The van der Waals surface area contributed by atoms with Crippen LogP contribution in [-0.2, 0) is 12.5 Å². The van der Waals surface area contributed by atoms with Gasteiger partial charge in [-0.25, -0.2) is 0 Å². The molecule has 2 nitrogen and oxygen atoms in total. The molecule has 1 N–H and O–H groups in total. The smallest absolute Gasteiger partial charge is 0.124 e. The molecule has 94 valence electrons. The highest BCUT2D eigenvalue weighted by molar-refractivity contribution is 9.10. The van der Waals surface area contributed by atoms with Crippen molar-refractivity contribution in [2.75, 3.05) is 0 Å². The number of phenols is 1. The molecule has 18 heavy (non-hydrogen) atoms. The van der Waals surface area contributed by atoms with Gasteiger partial charge in [-0.05, 0) is 35.9 Å². The lowest BCUT2D eigenvalue weighted by Crippen LogP contribution is -1.97. The third-order valence-electron chi connectivity index (χ3n) is 2.50. The van der Waals surface area contributed by atoms with Crippen molar-refractivity contribution in [2.45, 2.75) is 12.5 Å². The second-order valence-corrected chi connectivity index (χ2v) is 5.02. The number of benzene rings is 2. The summed E-state index contributed by atoms with van der Waals surface area (Å²) in [6, 6.07) is 12.7. The van der Waals surface area contributed by atoms with Crippen LogP contribution < -0.4 is 4.74 Å². The highest BCUT2D eigenvalue weighted by atomic mass is 79.9. The van der Waals surface area contributed by atoms with E-state index in [0.29, 0.717) is 12.5 Å². The van der Waals surface area contributed by atoms with Crippen molar-refractivity contribution in [1.29, 1.82) is 0 Å². The summed E-state index contributed by atoms with van der Waals surface area (Å²) < 4.78 is 6.70. The zero-order valence-corrected chi connectivity index (χ0v) is 11.9. The molecule has 0 saturated heterocycles. The van der Waals surface area contributed by atoms with Gasteiger partial charge in [0.2, 0.25) is 0 Å². The van der Waals surface area contributed by atoms with Gasteiger partial charge in [-0.2, -0.15) is 0 Å². The van der Waals surface area contributed by atoms with Gasteiger partial charge in [-0.3, -0.25) is 0 Å². The number of hydrogen-bond donors (Lipinski definition) is 1. The van der Waals surface area contributed by atoms with Crippen LogP contribution in [0.4, 0.5) is 0 Å². The average Bonchev–Trinajstić information content (AvgIpc) is 2.39. The van der Waals surface area contributed by atoms with E-state index in [9.17, 15) is 5.11 Å². The molecule has 0 aliphatic carbocycles. The molecule has 0 spiro atoms. The van der Waals surface area contributed by atoms with Gasteiger partial charge < -0.3 is 9.84 Å². The van der Waals surface area contributed by atoms with Crippen molar-refractivity contribution in [3.05, 3.63) is 58.1 Å². The molecule has 0 bridgehead atoms. The Kier molecular flexibility index (Phi) is 4.50. The first-order valence-electron chi connectivity index (χ1n) is 5.44. The Balaban J connectivity index is 2.08. The molecule has 2 aromatic rings. The molecule has 0 aliphatic heterocycles. The predicted octanol–water partition coefficient (Wildman–Crippen LogP) is 4.47. The molecule has 0 aliphatic rings. The Hall–Kier alpha value is -1.19. The highest BCUT2D eigenvalue weighted by Crippen LogP contribution is 2.25. The van der Waals surface area contributed by atoms with E-state index in [1.54, 1.807) is 12.1 Å². The van der Waals surface area contributed by atoms with E-state index in [-0.39, 0.29) is 5.75 Å². The SMILES string of the molecule is Oc1ccc(COc2ccc(Br)cc2CCl)cc1. The topological polar surface area (TPSA) is 29.5 Å². The van der Waals surface area contributed by atoms with Gasteiger partial charge in [0.05, 0.1) is 5.88 Å². The first-order valence-corrected chi connectivity index (χ1v) is 6.77. The zero-order valence-electron chi connectivity index (χ0n) is 9.57. The fraction of sp³-hybridized carbons (Fsp3) is 0.143. The van der Waals surface area contributed by atoms with Crippen LogP contribution in [0.2, 0.25) is 0 Å². The number of phenolic OH excluding ortho intramolecular Hbond substituents is 1. The molecule has 2 rings (SSSR count). The maximum absolute atomic E-state index is 9.19. The number of halogens is 2. The third kappa shape index (κ3) is 3.40. The second kappa shape index (κ2) is 6.12. The summed E-state index contributed by atoms with van der Waals surface area (Å²) in [5, 5.41) is 9.19. The van der Waals surface area contributed by atoms with Gasteiger partial charge in [0.1, 0.15) is 18.1 Å². The number of rotatable bonds is 4. The van der Waals surface area contributed by atoms with Crippen LogP contribution in [0, 0.1) is 0 Å². The Morgan fingerprint density at radius 1 is 1.11 bits per heavy atom. The van der Waals surface area contributed by atoms with E-state index in [1.807, 2.05) is 30.3 Å². The lowest BCUT2D eigenvalue weighted by atomic mass is 10.2. The van der Waals surface area contributed by atoms with E-state index in [2.05, 4.69) is 15.9 Å². The van der Waals surface area contributed by atoms with Gasteiger partial charge in [-0.1, -0.05) is 28.1 Å². The van der Waals surface area contributed by atoms with Crippen molar-refractivity contribution >= 4 is 27.5 Å². The summed E-state index contributed by atoms with van der Waals surface area (Å²) >= 11 is 9.27. The molecule has 0 aromatic heterocycles. The lowest BCUT2D eigenvalue weighted by Gasteiger charge is -2.10. The minimum Gasteiger partial charge on any atom is -0.508 e. The van der Waals surface area contributed by atoms with Crippen molar-refractivity contribution in [1.82, 2.24) is 0 Å². The number of hydrogen-bond acceptors (Lipinski definition) is 2. The van der Waals surface area contributed by atoms with Gasteiger partial charge in [0, 0.05) is 10.0 Å². The quantitative estimate of drug-likeness (QED) is 0.839. The molecule has 4 heteroatoms. The van der Waals surface area contributed by atoms with Crippen molar-refractivity contribution in [3.8, 4) is 11.5 Å². The highest BCUT2D eigenvalue weighted by Gasteiger charge is 2.04. The van der Waals surface area contributed by atoms with Crippen molar-refractivity contribution < 1.29 is 9.84 Å². The molecule has 0 heterocycles. The lowest BCUT2D eigenvalue weighted by molar-refractivity contribution is 0.303. The van der Waals surface area contributed by atoms with Gasteiger partial charge in [0.15, 0.2) is 0 Å². The first kappa shape index (κ1) is 13.2. The van der Waals surface area contributed by atoms with E-state index < -0.39 is 0 Å². The van der Waals surface area contributed by atoms with Crippen LogP contribution in [0.15, 0.2) is 46.9 Å². The number of ether oxygens (including phenoxy) is 1. The summed E-state index contributed by atoms with van der Waals surface area (Å²) in [4.78, 5) is 0. The Morgan fingerprint density at radius 2 is 1.83 bits per heavy atom. The number of aromatic hydroxyl groups is 1. The summed E-state index contributed by atoms with van der Waals surface area (Å²) in [5.74, 6) is 1.44. The maximum atomic E-state index is 9.19. The van der Waals surface area contributed by atoms with Crippen molar-refractivity contribution in [3.63, 3.8) is 0 Å². The van der Waals surface area contributed by atoms with Crippen LogP contribution in [0.25, 0.3) is 0 Å². The fourth-order valence-corrected chi connectivity index (χ4v) is 2.16. The molecular weight excluding hydrogens is 316 g/mol. The molecule has 0 unspecified atom stereocenters. The van der Waals surface area contributed by atoms with E-state index >= 15 is 0 Å². The first-order chi connectivity index (χ1) is 8.69. The fourth-order valence-electron chi connectivity index (χ4n) is 1.55. The third-order valence-corrected chi connectivity index (χ3v) is 3.28. The summed E-state index contributed by atoms with van der Waals surface area (Å²) in [5.41, 5.74) is 1.95. The largest absolute Gasteiger partial charge is 0.508 e. The summed E-state index contributed by atoms with van der Waals surface area (Å²) in [6.07, 6.45) is 0. The Bertz CT molecular complexity index is 526.